The molecular formula is C15H21NO4S. The van der Waals surface area contributed by atoms with Crippen LogP contribution in [0.3, 0.4) is 0 Å². The zero-order valence-electron chi connectivity index (χ0n) is 12.4. The maximum absolute atomic E-state index is 11.5. The molecule has 0 amide bonds. The highest BCUT2D eigenvalue weighted by atomic mass is 32.2. The Bertz CT molecular complexity index is 587. The van der Waals surface area contributed by atoms with E-state index in [1.54, 1.807) is 19.2 Å². The molecule has 0 aromatic heterocycles. The molecule has 0 bridgehead atoms. The predicted octanol–water partition coefficient (Wildman–Crippen LogP) is 1.80. The first-order valence-corrected chi connectivity index (χ1v) is 8.43. The van der Waals surface area contributed by atoms with Gasteiger partial charge in [0.15, 0.2) is 11.5 Å². The summed E-state index contributed by atoms with van der Waals surface area (Å²) in [7, 11) is -1.64. The largest absolute Gasteiger partial charge is 0.493 e. The molecule has 0 saturated heterocycles. The molecule has 0 aliphatic heterocycles. The van der Waals surface area contributed by atoms with Gasteiger partial charge in [-0.05, 0) is 18.6 Å². The lowest BCUT2D eigenvalue weighted by Gasteiger charge is -2.07. The van der Waals surface area contributed by atoms with Crippen molar-refractivity contribution in [3.63, 3.8) is 0 Å². The zero-order chi connectivity index (χ0) is 15.6. The molecule has 0 saturated carbocycles. The van der Waals surface area contributed by atoms with Crippen molar-refractivity contribution in [2.75, 3.05) is 26.0 Å². The van der Waals surface area contributed by atoms with Crippen molar-refractivity contribution >= 4 is 10.0 Å². The molecule has 1 rings (SSSR count). The summed E-state index contributed by atoms with van der Waals surface area (Å²) in [6, 6.07) is 7.27. The van der Waals surface area contributed by atoms with Crippen LogP contribution in [0, 0.1) is 11.8 Å². The first-order valence-electron chi connectivity index (χ1n) is 6.78. The van der Waals surface area contributed by atoms with Crippen LogP contribution < -0.4 is 14.2 Å². The number of unbranched alkanes of at least 4 members (excludes halogenated alkanes) is 1. The van der Waals surface area contributed by atoms with E-state index >= 15 is 0 Å². The van der Waals surface area contributed by atoms with E-state index in [1.165, 1.54) is 0 Å². The molecule has 0 aliphatic carbocycles. The summed E-state index contributed by atoms with van der Waals surface area (Å²) in [5.74, 6) is 6.87. The van der Waals surface area contributed by atoms with E-state index in [-0.39, 0.29) is 18.9 Å². The zero-order valence-corrected chi connectivity index (χ0v) is 13.2. The number of sulfonamides is 1. The molecule has 1 N–H and O–H groups in total. The van der Waals surface area contributed by atoms with Crippen LogP contribution in [-0.4, -0.2) is 34.4 Å². The second-order valence-electron chi connectivity index (χ2n) is 4.29. The lowest BCUT2D eigenvalue weighted by molar-refractivity contribution is 0.331. The molecule has 0 radical (unpaired) electrons. The van der Waals surface area contributed by atoms with E-state index in [0.29, 0.717) is 17.9 Å². The van der Waals surface area contributed by atoms with Gasteiger partial charge < -0.3 is 9.47 Å². The molecule has 0 fully saturated rings. The summed E-state index contributed by atoms with van der Waals surface area (Å²) in [5, 5.41) is 0. The summed E-state index contributed by atoms with van der Waals surface area (Å²) in [4.78, 5) is 0. The van der Waals surface area contributed by atoms with Crippen LogP contribution in [0.15, 0.2) is 24.3 Å². The third-order valence-corrected chi connectivity index (χ3v) is 4.05. The van der Waals surface area contributed by atoms with Gasteiger partial charge in [-0.15, -0.1) is 0 Å². The van der Waals surface area contributed by atoms with Gasteiger partial charge in [-0.25, -0.2) is 13.1 Å². The fourth-order valence-corrected chi connectivity index (χ4v) is 2.62. The van der Waals surface area contributed by atoms with Gasteiger partial charge in [-0.2, -0.15) is 0 Å². The third kappa shape index (κ3) is 7.02. The topological polar surface area (TPSA) is 64.6 Å². The minimum absolute atomic E-state index is 0.0985. The second kappa shape index (κ2) is 9.27. The Hall–Kier alpha value is -1.71. The number of rotatable bonds is 8. The molecule has 116 valence electrons. The number of nitrogens with one attached hydrogen (secondary N) is 1. The molecule has 0 atom stereocenters. The van der Waals surface area contributed by atoms with Crippen molar-refractivity contribution in [3.8, 4) is 23.3 Å². The van der Waals surface area contributed by atoms with Crippen LogP contribution >= 0.6 is 0 Å². The van der Waals surface area contributed by atoms with E-state index in [1.807, 2.05) is 19.1 Å². The van der Waals surface area contributed by atoms with Crippen LogP contribution in [0.25, 0.3) is 0 Å². The Morgan fingerprint density at radius 2 is 1.90 bits per heavy atom. The standard InChI is InChI=1S/C15H21NO4S/c1-3-4-13-21(17,18)16-11-7-8-12-20-15-10-6-5-9-14(15)19-2/h5-6,9-10,16H,3-4,11-13H2,1-2H3. The highest BCUT2D eigenvalue weighted by Crippen LogP contribution is 2.25. The quantitative estimate of drug-likeness (QED) is 0.744. The van der Waals surface area contributed by atoms with Crippen LogP contribution in [-0.2, 0) is 10.0 Å². The predicted molar refractivity (Wildman–Crippen MR) is 83.0 cm³/mol. The van der Waals surface area contributed by atoms with Crippen LogP contribution in [0.2, 0.25) is 0 Å². The van der Waals surface area contributed by atoms with Crippen LogP contribution in [0.5, 0.6) is 11.5 Å². The second-order valence-corrected chi connectivity index (χ2v) is 6.21. The Morgan fingerprint density at radius 3 is 2.57 bits per heavy atom. The maximum Gasteiger partial charge on any atom is 0.212 e. The van der Waals surface area contributed by atoms with Crippen molar-refractivity contribution in [2.45, 2.75) is 19.8 Å². The van der Waals surface area contributed by atoms with Crippen molar-refractivity contribution in [1.29, 1.82) is 0 Å². The molecule has 5 nitrogen and oxygen atoms in total. The molecule has 6 heteroatoms. The van der Waals surface area contributed by atoms with E-state index < -0.39 is 10.0 Å². The first kappa shape index (κ1) is 17.3. The number of benzene rings is 1. The number of para-hydroxylation sites is 2. The molecular weight excluding hydrogens is 290 g/mol. The van der Waals surface area contributed by atoms with E-state index in [9.17, 15) is 8.42 Å². The number of hydrogen-bond acceptors (Lipinski definition) is 4. The van der Waals surface area contributed by atoms with Crippen molar-refractivity contribution in [3.05, 3.63) is 24.3 Å². The number of ether oxygens (including phenoxy) is 2. The van der Waals surface area contributed by atoms with Crippen molar-refractivity contribution in [2.24, 2.45) is 0 Å². The van der Waals surface area contributed by atoms with E-state index in [2.05, 4.69) is 16.6 Å². The summed E-state index contributed by atoms with van der Waals surface area (Å²) in [5.41, 5.74) is 0. The Labute approximate surface area is 126 Å². The van der Waals surface area contributed by atoms with Crippen molar-refractivity contribution < 1.29 is 17.9 Å². The monoisotopic (exact) mass is 311 g/mol. The fraction of sp³-hybridized carbons (Fsp3) is 0.467. The average Bonchev–Trinajstić information content (AvgIpc) is 2.49. The molecule has 0 heterocycles. The van der Waals surface area contributed by atoms with Gasteiger partial charge in [-0.1, -0.05) is 37.3 Å². The van der Waals surface area contributed by atoms with Crippen LogP contribution in [0.4, 0.5) is 0 Å². The number of hydrogen-bond donors (Lipinski definition) is 1. The van der Waals surface area contributed by atoms with Gasteiger partial charge in [-0.3, -0.25) is 0 Å². The summed E-state index contributed by atoms with van der Waals surface area (Å²) >= 11 is 0. The van der Waals surface area contributed by atoms with Crippen LogP contribution in [0.1, 0.15) is 19.8 Å². The Morgan fingerprint density at radius 1 is 1.19 bits per heavy atom. The van der Waals surface area contributed by atoms with Gasteiger partial charge in [0.05, 0.1) is 19.4 Å². The number of methoxy groups -OCH3 is 1. The molecule has 0 aliphatic rings. The molecule has 0 spiro atoms. The average molecular weight is 311 g/mol. The van der Waals surface area contributed by atoms with Gasteiger partial charge in [0.25, 0.3) is 0 Å². The smallest absolute Gasteiger partial charge is 0.212 e. The third-order valence-electron chi connectivity index (χ3n) is 2.64. The molecule has 1 aromatic carbocycles. The lowest BCUT2D eigenvalue weighted by atomic mass is 10.3. The molecule has 1 aromatic rings. The summed E-state index contributed by atoms with van der Waals surface area (Å²) in [6.07, 6.45) is 1.50. The normalized spacial score (nSPS) is 10.6. The minimum atomic E-state index is -3.21. The van der Waals surface area contributed by atoms with Gasteiger partial charge >= 0.3 is 0 Å². The van der Waals surface area contributed by atoms with Crippen molar-refractivity contribution in [1.82, 2.24) is 4.72 Å². The SMILES string of the molecule is CCCCS(=O)(=O)NCC#CCOc1ccccc1OC. The fourth-order valence-electron chi connectivity index (χ4n) is 1.52. The first-order chi connectivity index (χ1) is 10.1. The molecule has 21 heavy (non-hydrogen) atoms. The Kier molecular flexibility index (Phi) is 7.65. The summed E-state index contributed by atoms with van der Waals surface area (Å²) < 4.78 is 36.0. The Balaban J connectivity index is 2.34. The highest BCUT2D eigenvalue weighted by Gasteiger charge is 2.06. The minimum Gasteiger partial charge on any atom is -0.493 e. The lowest BCUT2D eigenvalue weighted by Crippen LogP contribution is -2.26. The van der Waals surface area contributed by atoms with E-state index in [4.69, 9.17) is 9.47 Å². The summed E-state index contributed by atoms with van der Waals surface area (Å²) in [6.45, 7) is 2.23. The van der Waals surface area contributed by atoms with Gasteiger partial charge in [0.2, 0.25) is 10.0 Å². The van der Waals surface area contributed by atoms with Gasteiger partial charge in [0.1, 0.15) is 6.61 Å². The maximum atomic E-state index is 11.5. The molecule has 0 unspecified atom stereocenters. The van der Waals surface area contributed by atoms with E-state index in [0.717, 1.165) is 6.42 Å². The van der Waals surface area contributed by atoms with Gasteiger partial charge in [0, 0.05) is 0 Å². The highest BCUT2D eigenvalue weighted by molar-refractivity contribution is 7.89.